The number of hydrogen-bond acceptors (Lipinski definition) is 1. The van der Waals surface area contributed by atoms with Gasteiger partial charge in [0.1, 0.15) is 5.71 Å². The summed E-state index contributed by atoms with van der Waals surface area (Å²) in [5.41, 5.74) is 14.0. The Labute approximate surface area is 246 Å². The number of allylic oxidation sites excluding steroid dienone is 1. The third-order valence-corrected chi connectivity index (χ3v) is 9.04. The van der Waals surface area contributed by atoms with E-state index < -0.39 is 12.7 Å². The van der Waals surface area contributed by atoms with E-state index in [4.69, 9.17) is 4.99 Å². The zero-order valence-corrected chi connectivity index (χ0v) is 24.9. The summed E-state index contributed by atoms with van der Waals surface area (Å²) in [6.07, 6.45) is 3.72. The molecule has 208 valence electrons. The molecule has 42 heavy (non-hydrogen) atoms. The first-order valence-electron chi connectivity index (χ1n) is 14.6. The molecule has 1 aromatic heterocycles. The van der Waals surface area contributed by atoms with Gasteiger partial charge in [0.25, 0.3) is 5.82 Å². The van der Waals surface area contributed by atoms with Gasteiger partial charge in [0.05, 0.1) is 5.52 Å². The van der Waals surface area contributed by atoms with Crippen LogP contribution in [0.4, 0.5) is 14.4 Å². The van der Waals surface area contributed by atoms with Gasteiger partial charge in [-0.2, -0.15) is 0 Å². The Balaban J connectivity index is 1.36. The number of rotatable bonds is 2. The maximum absolute atomic E-state index is 16.8. The number of aryl methyl sites for hydroxylation is 6. The molecular formula is C37H33BF2N2. The molecule has 1 atom stereocenters. The van der Waals surface area contributed by atoms with Gasteiger partial charge in [-0.25, -0.2) is 0 Å². The minimum absolute atomic E-state index is 0.296. The molecule has 0 fully saturated rings. The Hall–Kier alpha value is -4.38. The Morgan fingerprint density at radius 2 is 1.21 bits per heavy atom. The first kappa shape index (κ1) is 26.5. The Bertz CT molecular complexity index is 1990. The zero-order chi connectivity index (χ0) is 29.5. The number of nitrogens with zero attached hydrogens (tertiary/aromatic N) is 2. The predicted molar refractivity (Wildman–Crippen MR) is 172 cm³/mol. The van der Waals surface area contributed by atoms with Gasteiger partial charge in [-0.3, -0.25) is 0 Å². The highest BCUT2D eigenvalue weighted by atomic mass is 19.2. The standard InChI is InChI=1S/C37H33BF2N2/c1-21-15-23(3)35(24(4)16-21)29-7-11-31-27(19-29)8-12-32-37(31)38(39,40)42-33-13-9-30(20-28(33)10-14-34(42)41-32)36-25(5)17-22(2)18-26(36)6/h7-20,37H,1-6H3. The molecular weight excluding hydrogens is 521 g/mol. The molecule has 0 saturated heterocycles. The van der Waals surface area contributed by atoms with Crippen molar-refractivity contribution in [2.75, 3.05) is 0 Å². The maximum atomic E-state index is 16.8. The lowest BCUT2D eigenvalue weighted by Crippen LogP contribution is -2.66. The molecule has 0 spiro atoms. The number of aromatic nitrogens is 1. The number of pyridine rings is 1. The van der Waals surface area contributed by atoms with E-state index in [1.165, 1.54) is 37.9 Å². The van der Waals surface area contributed by atoms with Gasteiger partial charge in [-0.15, -0.1) is 0 Å². The molecule has 0 bridgehead atoms. The molecule has 0 amide bonds. The van der Waals surface area contributed by atoms with E-state index in [0.29, 0.717) is 22.6 Å². The number of fused-ring (bicyclic) bond motifs is 6. The topological polar surface area (TPSA) is 16.2 Å². The summed E-state index contributed by atoms with van der Waals surface area (Å²) in [6, 6.07) is 24.1. The van der Waals surface area contributed by atoms with Crippen molar-refractivity contribution in [3.05, 3.63) is 123 Å². The maximum Gasteiger partial charge on any atom is 0.533 e. The fraction of sp³-hybridized carbons (Fsp3) is 0.189. The minimum atomic E-state index is -4.06. The average molecular weight is 554 g/mol. The average Bonchev–Trinajstić information content (AvgIpc) is 2.91. The van der Waals surface area contributed by atoms with Crippen LogP contribution in [0.2, 0.25) is 0 Å². The molecule has 5 heteroatoms. The van der Waals surface area contributed by atoms with Crippen molar-refractivity contribution in [1.29, 1.82) is 0 Å². The third kappa shape index (κ3) is 3.98. The second-order valence-corrected chi connectivity index (χ2v) is 12.3. The molecule has 2 aliphatic rings. The normalized spacial score (nSPS) is 16.6. The van der Waals surface area contributed by atoms with E-state index in [9.17, 15) is 0 Å². The van der Waals surface area contributed by atoms with Crippen LogP contribution in [0, 0.1) is 41.5 Å². The quantitative estimate of drug-likeness (QED) is 0.193. The summed E-state index contributed by atoms with van der Waals surface area (Å²) in [4.78, 5) is 4.78. The molecule has 2 nitrogen and oxygen atoms in total. The fourth-order valence-corrected chi connectivity index (χ4v) is 7.56. The van der Waals surface area contributed by atoms with Gasteiger partial charge in [0.2, 0.25) is 0 Å². The van der Waals surface area contributed by atoms with Gasteiger partial charge < -0.3 is 13.1 Å². The molecule has 0 saturated carbocycles. The minimum Gasteiger partial charge on any atom is -0.435 e. The number of aliphatic imine (C=N–C) groups is 1. The van der Waals surface area contributed by atoms with Crippen molar-refractivity contribution in [1.82, 2.24) is 0 Å². The van der Waals surface area contributed by atoms with Crippen molar-refractivity contribution in [3.8, 4) is 22.3 Å². The Kier molecular flexibility index (Phi) is 5.88. The largest absolute Gasteiger partial charge is 0.533 e. The van der Waals surface area contributed by atoms with Crippen molar-refractivity contribution in [3.63, 3.8) is 0 Å². The van der Waals surface area contributed by atoms with Crippen LogP contribution in [-0.2, 0) is 0 Å². The fourth-order valence-electron chi connectivity index (χ4n) is 7.56. The summed E-state index contributed by atoms with van der Waals surface area (Å²) in [5.74, 6) is -0.812. The van der Waals surface area contributed by atoms with E-state index in [-0.39, 0.29) is 0 Å². The molecule has 4 aromatic carbocycles. The van der Waals surface area contributed by atoms with Crippen molar-refractivity contribution in [2.24, 2.45) is 4.99 Å². The number of hydrogen-bond donors (Lipinski definition) is 0. The van der Waals surface area contributed by atoms with Crippen LogP contribution in [0.15, 0.2) is 83.9 Å². The first-order valence-corrected chi connectivity index (χ1v) is 14.6. The van der Waals surface area contributed by atoms with Crippen LogP contribution in [0.25, 0.3) is 39.2 Å². The lowest BCUT2D eigenvalue weighted by atomic mass is 9.55. The summed E-state index contributed by atoms with van der Waals surface area (Å²) >= 11 is 0. The van der Waals surface area contributed by atoms with Gasteiger partial charge >= 0.3 is 6.84 Å². The summed E-state index contributed by atoms with van der Waals surface area (Å²) in [7, 11) is 0. The van der Waals surface area contributed by atoms with E-state index in [1.54, 1.807) is 12.1 Å². The second kappa shape index (κ2) is 9.32. The Morgan fingerprint density at radius 1 is 0.643 bits per heavy atom. The molecule has 2 heterocycles. The molecule has 0 radical (unpaired) electrons. The monoisotopic (exact) mass is 554 g/mol. The van der Waals surface area contributed by atoms with Gasteiger partial charge in [-0.1, -0.05) is 70.2 Å². The molecule has 7 rings (SSSR count). The summed E-state index contributed by atoms with van der Waals surface area (Å²) in [5, 5.41) is 0.781. The van der Waals surface area contributed by atoms with Gasteiger partial charge in [0, 0.05) is 17.3 Å². The van der Waals surface area contributed by atoms with Crippen LogP contribution in [0.1, 0.15) is 50.3 Å². The highest BCUT2D eigenvalue weighted by Crippen LogP contribution is 2.42. The third-order valence-electron chi connectivity index (χ3n) is 9.04. The lowest BCUT2D eigenvalue weighted by molar-refractivity contribution is -0.526. The number of benzene rings is 4. The molecule has 1 aliphatic carbocycles. The van der Waals surface area contributed by atoms with Crippen LogP contribution < -0.4 is 4.48 Å². The molecule has 1 aliphatic heterocycles. The lowest BCUT2D eigenvalue weighted by Gasteiger charge is -2.36. The Morgan fingerprint density at radius 3 is 1.83 bits per heavy atom. The van der Waals surface area contributed by atoms with Crippen LogP contribution in [-0.4, -0.2) is 12.5 Å². The molecule has 1 unspecified atom stereocenters. The van der Waals surface area contributed by atoms with Crippen molar-refractivity contribution >= 4 is 35.3 Å². The van der Waals surface area contributed by atoms with E-state index in [0.717, 1.165) is 33.2 Å². The highest BCUT2D eigenvalue weighted by Gasteiger charge is 2.53. The zero-order valence-electron chi connectivity index (χ0n) is 24.9. The molecule has 5 aromatic rings. The van der Waals surface area contributed by atoms with Crippen LogP contribution >= 0.6 is 0 Å². The van der Waals surface area contributed by atoms with Crippen LogP contribution in [0.5, 0.6) is 0 Å². The smallest absolute Gasteiger partial charge is 0.435 e. The highest BCUT2D eigenvalue weighted by molar-refractivity contribution is 6.65. The van der Waals surface area contributed by atoms with E-state index >= 15 is 8.63 Å². The van der Waals surface area contributed by atoms with Gasteiger partial charge in [0.15, 0.2) is 0 Å². The van der Waals surface area contributed by atoms with Crippen molar-refractivity contribution in [2.45, 2.75) is 47.4 Å². The first-order chi connectivity index (χ1) is 20.0. The van der Waals surface area contributed by atoms with Crippen LogP contribution in [0.3, 0.4) is 0 Å². The second-order valence-electron chi connectivity index (χ2n) is 12.3. The van der Waals surface area contributed by atoms with E-state index in [2.05, 4.69) is 71.9 Å². The SMILES string of the molecule is Cc1cc(C)c(-c2ccc3c(c2)C=CC2=Nc4ccc5cc(-c6c(C)cc(C)cc6C)ccc5[n+]4[B-](F)(F)C23)c(C)c1. The molecule has 0 N–H and O–H groups in total. The predicted octanol–water partition coefficient (Wildman–Crippen LogP) is 9.47. The van der Waals surface area contributed by atoms with Gasteiger partial charge in [-0.05, 0) is 122 Å². The van der Waals surface area contributed by atoms with E-state index in [1.807, 2.05) is 42.5 Å². The summed E-state index contributed by atoms with van der Waals surface area (Å²) < 4.78 is 34.9. The number of halogens is 2. The summed E-state index contributed by atoms with van der Waals surface area (Å²) in [6.45, 7) is 8.56. The van der Waals surface area contributed by atoms with Crippen molar-refractivity contribution < 1.29 is 13.1 Å².